The number of ether oxygens (including phenoxy) is 1. The van der Waals surface area contributed by atoms with Crippen LogP contribution in [0, 0.1) is 6.92 Å². The van der Waals surface area contributed by atoms with E-state index in [-0.39, 0.29) is 5.91 Å². The lowest BCUT2D eigenvalue weighted by Gasteiger charge is -2.09. The zero-order chi connectivity index (χ0) is 19.2. The lowest BCUT2D eigenvalue weighted by Crippen LogP contribution is -2.11. The van der Waals surface area contributed by atoms with Crippen LogP contribution in [0.1, 0.15) is 34.8 Å². The molecule has 2 aromatic carbocycles. The number of carbonyl (C=O) groups excluding carboxylic acids is 1. The number of benzene rings is 2. The molecule has 0 saturated heterocycles. The first-order chi connectivity index (χ1) is 13.1. The Hall–Kier alpha value is -2.86. The van der Waals surface area contributed by atoms with Crippen LogP contribution in [-0.2, 0) is 6.42 Å². The maximum atomic E-state index is 12.6. The molecule has 0 bridgehead atoms. The number of hydrogen-bond acceptors (Lipinski definition) is 5. The summed E-state index contributed by atoms with van der Waals surface area (Å²) in [6, 6.07) is 15.6. The molecule has 0 saturated carbocycles. The molecular formula is C21H23N3O2S. The van der Waals surface area contributed by atoms with Gasteiger partial charge in [0, 0.05) is 5.69 Å². The van der Waals surface area contributed by atoms with Crippen molar-refractivity contribution in [1.29, 1.82) is 0 Å². The minimum Gasteiger partial charge on any atom is -0.492 e. The highest BCUT2D eigenvalue weighted by atomic mass is 32.1. The van der Waals surface area contributed by atoms with E-state index >= 15 is 0 Å². The minimum atomic E-state index is -0.152. The van der Waals surface area contributed by atoms with Crippen LogP contribution in [0.4, 0.5) is 16.5 Å². The van der Waals surface area contributed by atoms with Crippen molar-refractivity contribution >= 4 is 33.8 Å². The summed E-state index contributed by atoms with van der Waals surface area (Å²) < 4.78 is 5.63. The Morgan fingerprint density at radius 3 is 2.56 bits per heavy atom. The fraction of sp³-hybridized carbons (Fsp3) is 0.238. The van der Waals surface area contributed by atoms with E-state index in [1.54, 1.807) is 0 Å². The zero-order valence-electron chi connectivity index (χ0n) is 15.7. The summed E-state index contributed by atoms with van der Waals surface area (Å²) in [5.74, 6) is 0.607. The van der Waals surface area contributed by atoms with Crippen molar-refractivity contribution in [3.05, 3.63) is 64.7 Å². The Bertz CT molecular complexity index is 919. The van der Waals surface area contributed by atoms with Crippen molar-refractivity contribution in [2.75, 3.05) is 17.2 Å². The van der Waals surface area contributed by atoms with Gasteiger partial charge in [0.15, 0.2) is 5.13 Å². The smallest absolute Gasteiger partial charge is 0.267 e. The average molecular weight is 382 g/mol. The van der Waals surface area contributed by atoms with Crippen LogP contribution in [0.2, 0.25) is 0 Å². The fourth-order valence-corrected chi connectivity index (χ4v) is 3.51. The Morgan fingerprint density at radius 1 is 1.11 bits per heavy atom. The van der Waals surface area contributed by atoms with E-state index < -0.39 is 0 Å². The number of rotatable bonds is 7. The Kier molecular flexibility index (Phi) is 6.08. The number of carbonyl (C=O) groups is 1. The normalized spacial score (nSPS) is 10.5. The predicted octanol–water partition coefficient (Wildman–Crippen LogP) is 5.41. The van der Waals surface area contributed by atoms with Crippen molar-refractivity contribution in [2.45, 2.75) is 27.2 Å². The predicted molar refractivity (Wildman–Crippen MR) is 112 cm³/mol. The van der Waals surface area contributed by atoms with Crippen LogP contribution in [-0.4, -0.2) is 17.5 Å². The standard InChI is InChI=1S/C21H23N3O2S/c1-4-15-10-12-16(13-11-15)23-20(25)19-14(3)22-21(27-19)24-17-8-6-7-9-18(17)26-5-2/h6-13H,4-5H2,1-3H3,(H,22,24)(H,23,25). The number of amides is 1. The van der Waals surface area contributed by atoms with Gasteiger partial charge in [0.05, 0.1) is 18.0 Å². The molecule has 0 aliphatic carbocycles. The third-order valence-electron chi connectivity index (χ3n) is 4.05. The number of anilines is 3. The van der Waals surface area contributed by atoms with E-state index in [9.17, 15) is 4.79 Å². The van der Waals surface area contributed by atoms with E-state index in [1.807, 2.05) is 62.4 Å². The highest BCUT2D eigenvalue weighted by molar-refractivity contribution is 7.17. The van der Waals surface area contributed by atoms with E-state index in [2.05, 4.69) is 22.5 Å². The Morgan fingerprint density at radius 2 is 1.85 bits per heavy atom. The average Bonchev–Trinajstić information content (AvgIpc) is 3.04. The van der Waals surface area contributed by atoms with Crippen molar-refractivity contribution < 1.29 is 9.53 Å². The van der Waals surface area contributed by atoms with Crippen LogP contribution in [0.5, 0.6) is 5.75 Å². The van der Waals surface area contributed by atoms with Gasteiger partial charge in [0.1, 0.15) is 10.6 Å². The molecule has 0 aliphatic rings. The van der Waals surface area contributed by atoms with Gasteiger partial charge in [0.25, 0.3) is 5.91 Å². The molecule has 1 aromatic heterocycles. The molecule has 0 aliphatic heterocycles. The molecule has 140 valence electrons. The summed E-state index contributed by atoms with van der Waals surface area (Å²) >= 11 is 1.33. The number of nitrogens with zero attached hydrogens (tertiary/aromatic N) is 1. The van der Waals surface area contributed by atoms with Crippen LogP contribution < -0.4 is 15.4 Å². The number of aryl methyl sites for hydroxylation is 2. The summed E-state index contributed by atoms with van der Waals surface area (Å²) in [7, 11) is 0. The van der Waals surface area contributed by atoms with Crippen LogP contribution in [0.25, 0.3) is 0 Å². The van der Waals surface area contributed by atoms with Crippen molar-refractivity contribution in [3.63, 3.8) is 0 Å². The maximum Gasteiger partial charge on any atom is 0.267 e. The molecule has 1 amide bonds. The molecule has 2 N–H and O–H groups in total. The second-order valence-electron chi connectivity index (χ2n) is 5.99. The van der Waals surface area contributed by atoms with Gasteiger partial charge in [-0.2, -0.15) is 0 Å². The first-order valence-electron chi connectivity index (χ1n) is 8.97. The van der Waals surface area contributed by atoms with Gasteiger partial charge in [0.2, 0.25) is 0 Å². The summed E-state index contributed by atoms with van der Waals surface area (Å²) in [6.07, 6.45) is 0.973. The van der Waals surface area contributed by atoms with Crippen molar-refractivity contribution in [1.82, 2.24) is 4.98 Å². The Balaban J connectivity index is 1.74. The molecule has 3 rings (SSSR count). The van der Waals surface area contributed by atoms with E-state index in [4.69, 9.17) is 4.74 Å². The number of hydrogen-bond donors (Lipinski definition) is 2. The third kappa shape index (κ3) is 4.65. The second kappa shape index (κ2) is 8.68. The molecule has 0 fully saturated rings. The van der Waals surface area contributed by atoms with E-state index in [0.717, 1.165) is 23.5 Å². The van der Waals surface area contributed by atoms with Gasteiger partial charge >= 0.3 is 0 Å². The topological polar surface area (TPSA) is 63.2 Å². The molecule has 0 atom stereocenters. The fourth-order valence-electron chi connectivity index (χ4n) is 2.64. The van der Waals surface area contributed by atoms with Crippen molar-refractivity contribution in [3.8, 4) is 5.75 Å². The monoisotopic (exact) mass is 381 g/mol. The first-order valence-corrected chi connectivity index (χ1v) is 9.79. The van der Waals surface area contributed by atoms with Crippen LogP contribution in [0.3, 0.4) is 0 Å². The molecule has 3 aromatic rings. The number of aromatic nitrogens is 1. The molecule has 1 heterocycles. The highest BCUT2D eigenvalue weighted by Crippen LogP contribution is 2.31. The van der Waals surface area contributed by atoms with Crippen LogP contribution in [0.15, 0.2) is 48.5 Å². The van der Waals surface area contributed by atoms with Crippen LogP contribution >= 0.6 is 11.3 Å². The molecular weight excluding hydrogens is 358 g/mol. The molecule has 0 unspecified atom stereocenters. The summed E-state index contributed by atoms with van der Waals surface area (Å²) in [5.41, 5.74) is 3.54. The zero-order valence-corrected chi connectivity index (χ0v) is 16.5. The number of nitrogens with one attached hydrogen (secondary N) is 2. The lowest BCUT2D eigenvalue weighted by atomic mass is 10.1. The number of thiazole rings is 1. The maximum absolute atomic E-state index is 12.6. The van der Waals surface area contributed by atoms with E-state index in [0.29, 0.717) is 22.3 Å². The SMILES string of the molecule is CCOc1ccccc1Nc1nc(C)c(C(=O)Nc2ccc(CC)cc2)s1. The van der Waals surface area contributed by atoms with Gasteiger partial charge in [-0.15, -0.1) is 0 Å². The summed E-state index contributed by atoms with van der Waals surface area (Å²) in [5, 5.41) is 6.85. The van der Waals surface area contributed by atoms with Gasteiger partial charge in [-0.25, -0.2) is 4.98 Å². The number of para-hydroxylation sites is 2. The summed E-state index contributed by atoms with van der Waals surface area (Å²) in [6.45, 7) is 6.47. The third-order valence-corrected chi connectivity index (χ3v) is 5.12. The van der Waals surface area contributed by atoms with Gasteiger partial charge in [-0.05, 0) is 50.1 Å². The molecule has 27 heavy (non-hydrogen) atoms. The van der Waals surface area contributed by atoms with Gasteiger partial charge < -0.3 is 15.4 Å². The molecule has 0 spiro atoms. The quantitative estimate of drug-likeness (QED) is 0.574. The first kappa shape index (κ1) is 18.9. The largest absolute Gasteiger partial charge is 0.492 e. The molecule has 5 nitrogen and oxygen atoms in total. The van der Waals surface area contributed by atoms with E-state index in [1.165, 1.54) is 16.9 Å². The van der Waals surface area contributed by atoms with Crippen molar-refractivity contribution in [2.24, 2.45) is 0 Å². The minimum absolute atomic E-state index is 0.152. The Labute approximate surface area is 163 Å². The lowest BCUT2D eigenvalue weighted by molar-refractivity contribution is 0.103. The molecule has 6 heteroatoms. The summed E-state index contributed by atoms with van der Waals surface area (Å²) in [4.78, 5) is 17.7. The van der Waals surface area contributed by atoms with Gasteiger partial charge in [-0.1, -0.05) is 42.5 Å². The molecule has 0 radical (unpaired) electrons. The highest BCUT2D eigenvalue weighted by Gasteiger charge is 2.16. The second-order valence-corrected chi connectivity index (χ2v) is 6.99. The van der Waals surface area contributed by atoms with Gasteiger partial charge in [-0.3, -0.25) is 4.79 Å².